The summed E-state index contributed by atoms with van der Waals surface area (Å²) in [5.41, 5.74) is 0. The maximum Gasteiger partial charge on any atom is 0.236 e. The van der Waals surface area contributed by atoms with Crippen molar-refractivity contribution in [3.8, 4) is 0 Å². The Morgan fingerprint density at radius 1 is 1.44 bits per heavy atom. The van der Waals surface area contributed by atoms with Gasteiger partial charge in [-0.1, -0.05) is 0 Å². The molecule has 1 atom stereocenters. The van der Waals surface area contributed by atoms with Crippen molar-refractivity contribution >= 4 is 5.91 Å². The normalized spacial score (nSPS) is 20.8. The molecule has 1 unspecified atom stereocenters. The van der Waals surface area contributed by atoms with Crippen LogP contribution in [0.4, 0.5) is 0 Å². The summed E-state index contributed by atoms with van der Waals surface area (Å²) in [4.78, 5) is 15.4. The van der Waals surface area contributed by atoms with E-state index in [9.17, 15) is 4.79 Å². The number of nitrogens with zero attached hydrogens (tertiary/aromatic N) is 2. The van der Waals surface area contributed by atoms with Gasteiger partial charge in [-0.3, -0.25) is 4.79 Å². The highest BCUT2D eigenvalue weighted by molar-refractivity contribution is 5.77. The first-order chi connectivity index (χ1) is 7.50. The third-order valence-corrected chi connectivity index (χ3v) is 3.54. The second-order valence-electron chi connectivity index (χ2n) is 5.10. The van der Waals surface area contributed by atoms with Gasteiger partial charge >= 0.3 is 0 Å². The highest BCUT2D eigenvalue weighted by atomic mass is 16.2. The molecule has 1 heterocycles. The maximum absolute atomic E-state index is 11.4. The molecule has 1 saturated heterocycles. The second kappa shape index (κ2) is 6.21. The number of rotatable bonds is 4. The molecule has 16 heavy (non-hydrogen) atoms. The van der Waals surface area contributed by atoms with Crippen LogP contribution in [-0.4, -0.2) is 62.5 Å². The van der Waals surface area contributed by atoms with Gasteiger partial charge in [-0.25, -0.2) is 0 Å². The molecular formula is C12H25N3O. The lowest BCUT2D eigenvalue weighted by molar-refractivity contribution is -0.127. The van der Waals surface area contributed by atoms with Crippen LogP contribution >= 0.6 is 0 Å². The number of hydrogen-bond donors (Lipinski definition) is 1. The van der Waals surface area contributed by atoms with E-state index in [4.69, 9.17) is 0 Å². The molecule has 94 valence electrons. The monoisotopic (exact) mass is 227 g/mol. The van der Waals surface area contributed by atoms with E-state index in [1.807, 2.05) is 0 Å². The lowest BCUT2D eigenvalue weighted by Gasteiger charge is -2.33. The van der Waals surface area contributed by atoms with Gasteiger partial charge < -0.3 is 15.1 Å². The number of carbonyl (C=O) groups excluding carboxylic acids is 1. The Morgan fingerprint density at radius 3 is 2.50 bits per heavy atom. The van der Waals surface area contributed by atoms with Crippen molar-refractivity contribution in [3.63, 3.8) is 0 Å². The van der Waals surface area contributed by atoms with Crippen molar-refractivity contribution in [2.45, 2.75) is 25.8 Å². The largest absolute Gasteiger partial charge is 0.348 e. The molecule has 1 aliphatic rings. The quantitative estimate of drug-likeness (QED) is 0.755. The summed E-state index contributed by atoms with van der Waals surface area (Å²) >= 11 is 0. The Hall–Kier alpha value is -0.610. The third kappa shape index (κ3) is 4.10. The second-order valence-corrected chi connectivity index (χ2v) is 5.10. The number of likely N-dealkylation sites (tertiary alicyclic amines) is 1. The lowest BCUT2D eigenvalue weighted by Crippen LogP contribution is -2.44. The lowest BCUT2D eigenvalue weighted by atomic mass is 9.90. The molecule has 1 amide bonds. The molecule has 0 spiro atoms. The first-order valence-corrected chi connectivity index (χ1v) is 6.12. The molecule has 4 nitrogen and oxygen atoms in total. The average Bonchev–Trinajstić information content (AvgIpc) is 2.26. The van der Waals surface area contributed by atoms with Crippen LogP contribution in [0.3, 0.4) is 0 Å². The van der Waals surface area contributed by atoms with Gasteiger partial charge in [0, 0.05) is 20.1 Å². The molecule has 1 aliphatic heterocycles. The molecule has 0 aromatic rings. The number of likely N-dealkylation sites (N-methyl/N-ethyl adjacent to an activating group) is 1. The van der Waals surface area contributed by atoms with Crippen molar-refractivity contribution < 1.29 is 4.79 Å². The van der Waals surface area contributed by atoms with Crippen LogP contribution in [0.5, 0.6) is 0 Å². The molecule has 0 saturated carbocycles. The van der Waals surface area contributed by atoms with E-state index in [1.165, 1.54) is 25.9 Å². The van der Waals surface area contributed by atoms with Crippen molar-refractivity contribution in [1.82, 2.24) is 15.1 Å². The zero-order valence-electron chi connectivity index (χ0n) is 11.0. The number of piperidine rings is 1. The van der Waals surface area contributed by atoms with Crippen LogP contribution in [0.15, 0.2) is 0 Å². The van der Waals surface area contributed by atoms with Crippen LogP contribution in [0.1, 0.15) is 19.8 Å². The van der Waals surface area contributed by atoms with E-state index in [-0.39, 0.29) is 5.91 Å². The van der Waals surface area contributed by atoms with Crippen LogP contribution in [0.2, 0.25) is 0 Å². The summed E-state index contributed by atoms with van der Waals surface area (Å²) in [6.45, 7) is 5.01. The summed E-state index contributed by atoms with van der Waals surface area (Å²) < 4.78 is 0. The Balaban J connectivity index is 2.24. The van der Waals surface area contributed by atoms with Crippen molar-refractivity contribution in [2.24, 2.45) is 5.92 Å². The Bertz CT molecular complexity index is 222. The van der Waals surface area contributed by atoms with Gasteiger partial charge in [0.05, 0.1) is 6.54 Å². The summed E-state index contributed by atoms with van der Waals surface area (Å²) in [6, 6.07) is 0.442. The van der Waals surface area contributed by atoms with Gasteiger partial charge in [0.2, 0.25) is 5.91 Å². The van der Waals surface area contributed by atoms with E-state index in [2.05, 4.69) is 24.2 Å². The molecule has 1 N–H and O–H groups in total. The zero-order chi connectivity index (χ0) is 12.1. The minimum absolute atomic E-state index is 0.153. The van der Waals surface area contributed by atoms with Crippen LogP contribution in [0, 0.1) is 5.92 Å². The number of hydrogen-bond acceptors (Lipinski definition) is 3. The van der Waals surface area contributed by atoms with Crippen LogP contribution in [0.25, 0.3) is 0 Å². The topological polar surface area (TPSA) is 35.6 Å². The van der Waals surface area contributed by atoms with Gasteiger partial charge in [-0.2, -0.15) is 0 Å². The summed E-state index contributed by atoms with van der Waals surface area (Å²) in [7, 11) is 5.76. The van der Waals surface area contributed by atoms with E-state index < -0.39 is 0 Å². The standard InChI is InChI=1S/C12H25N3O/c1-10(13-9-12(16)14(2)3)11-5-7-15(4)8-6-11/h10-11,13H,5-9H2,1-4H3. The molecule has 0 bridgehead atoms. The maximum atomic E-state index is 11.4. The molecular weight excluding hydrogens is 202 g/mol. The van der Waals surface area contributed by atoms with Gasteiger partial charge in [0.25, 0.3) is 0 Å². The fraction of sp³-hybridized carbons (Fsp3) is 0.917. The molecule has 0 radical (unpaired) electrons. The first kappa shape index (κ1) is 13.5. The van der Waals surface area contributed by atoms with Crippen molar-refractivity contribution in [1.29, 1.82) is 0 Å². The fourth-order valence-electron chi connectivity index (χ4n) is 2.10. The van der Waals surface area contributed by atoms with Gasteiger partial charge in [0.1, 0.15) is 0 Å². The van der Waals surface area contributed by atoms with Crippen LogP contribution in [-0.2, 0) is 4.79 Å². The third-order valence-electron chi connectivity index (χ3n) is 3.54. The van der Waals surface area contributed by atoms with E-state index >= 15 is 0 Å². The van der Waals surface area contributed by atoms with E-state index in [0.717, 1.165) is 0 Å². The SMILES string of the molecule is CC(NCC(=O)N(C)C)C1CCN(C)CC1. The highest BCUT2D eigenvalue weighted by Gasteiger charge is 2.22. The predicted octanol–water partition coefficient (Wildman–Crippen LogP) is 0.395. The minimum Gasteiger partial charge on any atom is -0.348 e. The molecule has 0 aromatic heterocycles. The number of carbonyl (C=O) groups is 1. The minimum atomic E-state index is 0.153. The molecule has 1 fully saturated rings. The van der Waals surface area contributed by atoms with Gasteiger partial charge in [-0.05, 0) is 45.8 Å². The summed E-state index contributed by atoms with van der Waals surface area (Å²) in [5, 5.41) is 3.34. The van der Waals surface area contributed by atoms with E-state index in [1.54, 1.807) is 19.0 Å². The molecule has 1 rings (SSSR count). The smallest absolute Gasteiger partial charge is 0.236 e. The number of amides is 1. The molecule has 0 aliphatic carbocycles. The fourth-order valence-corrected chi connectivity index (χ4v) is 2.10. The molecule has 4 heteroatoms. The predicted molar refractivity (Wildman–Crippen MR) is 66.4 cm³/mol. The van der Waals surface area contributed by atoms with E-state index in [0.29, 0.717) is 18.5 Å². The Kier molecular flexibility index (Phi) is 5.22. The summed E-state index contributed by atoms with van der Waals surface area (Å²) in [6.07, 6.45) is 2.47. The first-order valence-electron chi connectivity index (χ1n) is 6.12. The zero-order valence-corrected chi connectivity index (χ0v) is 11.0. The highest BCUT2D eigenvalue weighted by Crippen LogP contribution is 2.19. The van der Waals surface area contributed by atoms with Gasteiger partial charge in [0.15, 0.2) is 0 Å². The average molecular weight is 227 g/mol. The number of nitrogens with one attached hydrogen (secondary N) is 1. The Labute approximate surface area is 99.0 Å². The van der Waals surface area contributed by atoms with Crippen LogP contribution < -0.4 is 5.32 Å². The van der Waals surface area contributed by atoms with Gasteiger partial charge in [-0.15, -0.1) is 0 Å². The summed E-state index contributed by atoms with van der Waals surface area (Å²) in [5.74, 6) is 0.867. The Morgan fingerprint density at radius 2 is 2.00 bits per heavy atom. The molecule has 0 aromatic carbocycles. The van der Waals surface area contributed by atoms with Crippen molar-refractivity contribution in [3.05, 3.63) is 0 Å². The van der Waals surface area contributed by atoms with Crippen molar-refractivity contribution in [2.75, 3.05) is 40.8 Å².